The maximum absolute atomic E-state index is 13.7. The topological polar surface area (TPSA) is 131 Å². The van der Waals surface area contributed by atoms with Crippen molar-refractivity contribution in [1.82, 2.24) is 24.5 Å². The zero-order chi connectivity index (χ0) is 30.3. The van der Waals surface area contributed by atoms with Crippen LogP contribution in [0.1, 0.15) is 75.6 Å². The van der Waals surface area contributed by atoms with Crippen LogP contribution in [0.25, 0.3) is 5.82 Å². The summed E-state index contributed by atoms with van der Waals surface area (Å²) in [7, 11) is -4.16. The molecule has 0 unspecified atom stereocenters. The molecule has 232 valence electrons. The Balaban J connectivity index is 1.10. The normalized spacial score (nSPS) is 25.6. The van der Waals surface area contributed by atoms with E-state index >= 15 is 0 Å². The lowest BCUT2D eigenvalue weighted by molar-refractivity contribution is 0.0981. The van der Waals surface area contributed by atoms with Crippen LogP contribution in [0, 0.1) is 22.7 Å². The fraction of sp³-hybridized carbons (Fsp3) is 0.562. The summed E-state index contributed by atoms with van der Waals surface area (Å²) >= 11 is 0. The van der Waals surface area contributed by atoms with Gasteiger partial charge in [-0.2, -0.15) is 0 Å². The average Bonchev–Trinajstić information content (AvgIpc) is 3.94. The van der Waals surface area contributed by atoms with Gasteiger partial charge in [-0.05, 0) is 99.8 Å². The van der Waals surface area contributed by atoms with Crippen molar-refractivity contribution < 1.29 is 17.9 Å². The minimum absolute atomic E-state index is 0.0797. The number of fused-ring (bicyclic) bond motifs is 9. The number of nitrogens with one attached hydrogen (secondary N) is 2. The lowest BCUT2D eigenvalue weighted by Gasteiger charge is -2.34. The van der Waals surface area contributed by atoms with E-state index in [-0.39, 0.29) is 16.0 Å². The van der Waals surface area contributed by atoms with E-state index in [1.807, 2.05) is 12.3 Å². The molecule has 9 rings (SSSR count). The van der Waals surface area contributed by atoms with Gasteiger partial charge in [0.15, 0.2) is 5.82 Å². The first-order chi connectivity index (χ1) is 21.1. The summed E-state index contributed by atoms with van der Waals surface area (Å²) in [6.45, 7) is 6.50. The summed E-state index contributed by atoms with van der Waals surface area (Å²) in [6, 6.07) is 8.27. The lowest BCUT2D eigenvalue weighted by Crippen LogP contribution is -2.41. The van der Waals surface area contributed by atoms with Gasteiger partial charge in [0.05, 0.1) is 12.2 Å². The van der Waals surface area contributed by atoms with Crippen LogP contribution in [-0.4, -0.2) is 59.3 Å². The Hall–Kier alpha value is -3.67. The Morgan fingerprint density at radius 3 is 2.57 bits per heavy atom. The van der Waals surface area contributed by atoms with Crippen molar-refractivity contribution in [3.05, 3.63) is 48.3 Å². The van der Waals surface area contributed by atoms with Gasteiger partial charge in [-0.1, -0.05) is 6.42 Å². The highest BCUT2D eigenvalue weighted by atomic mass is 32.2. The monoisotopic (exact) mass is 617 g/mol. The molecule has 1 amide bonds. The standard InChI is InChI=1S/C32H39N7O4S/c1-30(2)17-21-5-3-4-15-33-25-8-6-22(18-34-25)44(41,42)37-29(40)23-7-9-26(35-28(23)38(30)19-21)39-16-10-27(36-39)43-20-24-31(11-12-31)32(24)13-14-32/h6-10,16,18,21,24H,3-5,11-15,17,19-20H2,1-2H3,(H,33,34)(H,37,40)/t21-/m1/s1. The molecule has 3 aliphatic carbocycles. The molecule has 3 saturated carbocycles. The second-order valence-electron chi connectivity index (χ2n) is 14.0. The van der Waals surface area contributed by atoms with Gasteiger partial charge in [0.25, 0.3) is 15.9 Å². The number of ether oxygens (including phenoxy) is 1. The van der Waals surface area contributed by atoms with Crippen LogP contribution in [0.15, 0.2) is 47.6 Å². The van der Waals surface area contributed by atoms with Gasteiger partial charge in [-0.25, -0.2) is 27.8 Å². The molecule has 2 spiro atoms. The fourth-order valence-electron chi connectivity index (χ4n) is 8.36. The van der Waals surface area contributed by atoms with Crippen LogP contribution in [0.3, 0.4) is 0 Å². The van der Waals surface area contributed by atoms with Gasteiger partial charge in [0.2, 0.25) is 5.88 Å². The Bertz CT molecular complexity index is 1710. The zero-order valence-corrected chi connectivity index (χ0v) is 26.1. The molecule has 6 heterocycles. The molecule has 44 heavy (non-hydrogen) atoms. The lowest BCUT2D eigenvalue weighted by atomic mass is 9.93. The second kappa shape index (κ2) is 9.66. The van der Waals surface area contributed by atoms with Gasteiger partial charge >= 0.3 is 0 Å². The molecule has 3 aromatic rings. The van der Waals surface area contributed by atoms with E-state index in [1.165, 1.54) is 37.9 Å². The van der Waals surface area contributed by atoms with Crippen LogP contribution in [0.5, 0.6) is 5.88 Å². The predicted octanol–water partition coefficient (Wildman–Crippen LogP) is 4.55. The molecule has 11 nitrogen and oxygen atoms in total. The van der Waals surface area contributed by atoms with Crippen molar-refractivity contribution in [3.63, 3.8) is 0 Å². The number of anilines is 2. The van der Waals surface area contributed by atoms with E-state index < -0.39 is 15.9 Å². The first kappa shape index (κ1) is 27.8. The first-order valence-corrected chi connectivity index (χ1v) is 17.3. The summed E-state index contributed by atoms with van der Waals surface area (Å²) in [5.74, 6) is 2.49. The third kappa shape index (κ3) is 4.55. The van der Waals surface area contributed by atoms with E-state index in [1.54, 1.807) is 22.9 Å². The maximum atomic E-state index is 13.7. The van der Waals surface area contributed by atoms with Gasteiger partial charge in [0, 0.05) is 43.0 Å². The second-order valence-corrected chi connectivity index (χ2v) is 15.7. The number of rotatable bonds is 4. The van der Waals surface area contributed by atoms with E-state index in [0.717, 1.165) is 38.8 Å². The highest BCUT2D eigenvalue weighted by Crippen LogP contribution is 2.92. The molecular weight excluding hydrogens is 578 g/mol. The Morgan fingerprint density at radius 1 is 1.05 bits per heavy atom. The average molecular weight is 618 g/mol. The Labute approximate surface area is 257 Å². The minimum atomic E-state index is -4.16. The van der Waals surface area contributed by atoms with E-state index in [0.29, 0.717) is 52.6 Å². The third-order valence-electron chi connectivity index (χ3n) is 11.0. The largest absolute Gasteiger partial charge is 0.476 e. The quantitative estimate of drug-likeness (QED) is 0.433. The molecule has 6 aliphatic rings. The number of carbonyl (C=O) groups excluding carboxylic acids is 1. The zero-order valence-electron chi connectivity index (χ0n) is 25.3. The van der Waals surface area contributed by atoms with Gasteiger partial charge in [-0.15, -0.1) is 5.10 Å². The van der Waals surface area contributed by atoms with E-state index in [9.17, 15) is 13.2 Å². The fourth-order valence-corrected chi connectivity index (χ4v) is 9.27. The summed E-state index contributed by atoms with van der Waals surface area (Å²) in [6.07, 6.45) is 12.5. The van der Waals surface area contributed by atoms with Gasteiger partial charge in [0.1, 0.15) is 16.5 Å². The number of sulfonamides is 1. The third-order valence-corrected chi connectivity index (χ3v) is 12.3. The molecular formula is C32H39N7O4S. The molecule has 0 radical (unpaired) electrons. The van der Waals surface area contributed by atoms with Crippen molar-refractivity contribution in [2.75, 3.05) is 29.9 Å². The summed E-state index contributed by atoms with van der Waals surface area (Å²) < 4.78 is 36.5. The number of aromatic nitrogens is 4. The van der Waals surface area contributed by atoms with Crippen LogP contribution >= 0.6 is 0 Å². The maximum Gasteiger partial charge on any atom is 0.268 e. The highest BCUT2D eigenvalue weighted by molar-refractivity contribution is 7.90. The highest BCUT2D eigenvalue weighted by Gasteiger charge is 2.86. The number of amides is 1. The van der Waals surface area contributed by atoms with Crippen molar-refractivity contribution in [2.45, 2.75) is 75.6 Å². The SMILES string of the molecule is CC1(C)C[C@H]2CCCCNc3ccc(cn3)S(=O)(=O)NC(=O)c3ccc(-n4ccc(OCC5C6(CC6)C56CC6)n4)nc3N1C2. The van der Waals surface area contributed by atoms with Crippen molar-refractivity contribution in [2.24, 2.45) is 22.7 Å². The van der Waals surface area contributed by atoms with Crippen molar-refractivity contribution in [3.8, 4) is 11.7 Å². The molecule has 12 heteroatoms. The molecule has 1 atom stereocenters. The van der Waals surface area contributed by atoms with Crippen molar-refractivity contribution >= 4 is 27.6 Å². The minimum Gasteiger partial charge on any atom is -0.476 e. The molecule has 3 aromatic heterocycles. The van der Waals surface area contributed by atoms with Gasteiger partial charge in [-0.3, -0.25) is 4.79 Å². The Kier molecular flexibility index (Phi) is 6.12. The molecule has 3 aliphatic heterocycles. The smallest absolute Gasteiger partial charge is 0.268 e. The van der Waals surface area contributed by atoms with Crippen molar-refractivity contribution in [1.29, 1.82) is 0 Å². The molecule has 1 saturated heterocycles. The number of carbonyl (C=O) groups is 1. The summed E-state index contributed by atoms with van der Waals surface area (Å²) in [5, 5.41) is 7.93. The summed E-state index contributed by atoms with van der Waals surface area (Å²) in [5.41, 5.74) is 1.06. The van der Waals surface area contributed by atoms with Crippen LogP contribution in [0.2, 0.25) is 0 Å². The Morgan fingerprint density at radius 2 is 1.84 bits per heavy atom. The number of hydrogen-bond donors (Lipinski definition) is 2. The predicted molar refractivity (Wildman–Crippen MR) is 164 cm³/mol. The number of nitrogens with zero attached hydrogens (tertiary/aromatic N) is 5. The molecule has 0 aromatic carbocycles. The van der Waals surface area contributed by atoms with E-state index in [2.05, 4.69) is 38.9 Å². The number of pyridine rings is 2. The molecule has 2 N–H and O–H groups in total. The summed E-state index contributed by atoms with van der Waals surface area (Å²) in [4.78, 5) is 24.9. The first-order valence-electron chi connectivity index (χ1n) is 15.9. The van der Waals surface area contributed by atoms with Crippen LogP contribution < -0.4 is 19.7 Å². The molecule has 4 bridgehead atoms. The number of hydrogen-bond acceptors (Lipinski definition) is 9. The van der Waals surface area contributed by atoms with E-state index in [4.69, 9.17) is 9.72 Å². The van der Waals surface area contributed by atoms with Gasteiger partial charge < -0.3 is 15.0 Å². The molecule has 4 fully saturated rings. The van der Waals surface area contributed by atoms with Crippen LogP contribution in [-0.2, 0) is 10.0 Å². The van der Waals surface area contributed by atoms with Crippen LogP contribution in [0.4, 0.5) is 11.6 Å².